The smallest absolute Gasteiger partial charge is 0.131 e. The van der Waals surface area contributed by atoms with Crippen LogP contribution in [0.4, 0.5) is 5.69 Å². The zero-order chi connectivity index (χ0) is 16.7. The first-order valence-electron chi connectivity index (χ1n) is 8.25. The van der Waals surface area contributed by atoms with Gasteiger partial charge in [0.2, 0.25) is 0 Å². The van der Waals surface area contributed by atoms with Crippen molar-refractivity contribution in [2.45, 2.75) is 44.7 Å². The van der Waals surface area contributed by atoms with E-state index in [2.05, 4.69) is 34.7 Å². The van der Waals surface area contributed by atoms with E-state index >= 15 is 0 Å². The summed E-state index contributed by atoms with van der Waals surface area (Å²) in [6, 6.07) is 6.42. The molecule has 4 rings (SSSR count). The van der Waals surface area contributed by atoms with E-state index in [1.807, 2.05) is 17.4 Å². The van der Waals surface area contributed by atoms with Gasteiger partial charge in [-0.1, -0.05) is 24.1 Å². The molecule has 0 bridgehead atoms. The van der Waals surface area contributed by atoms with Gasteiger partial charge in [-0.3, -0.25) is 0 Å². The number of hydrogen-bond donors (Lipinski definition) is 2. The van der Waals surface area contributed by atoms with Crippen LogP contribution in [0.2, 0.25) is 5.15 Å². The van der Waals surface area contributed by atoms with E-state index in [0.29, 0.717) is 11.1 Å². The lowest BCUT2D eigenvalue weighted by Gasteiger charge is -2.14. The molecular formula is C18H20ClN3S2. The quantitative estimate of drug-likeness (QED) is 0.588. The maximum atomic E-state index is 6.34. The van der Waals surface area contributed by atoms with E-state index in [1.165, 1.54) is 32.9 Å². The van der Waals surface area contributed by atoms with Crippen LogP contribution in [0.1, 0.15) is 40.5 Å². The lowest BCUT2D eigenvalue weighted by atomic mass is 9.99. The van der Waals surface area contributed by atoms with E-state index < -0.39 is 0 Å². The summed E-state index contributed by atoms with van der Waals surface area (Å²) >= 11 is 9.88. The van der Waals surface area contributed by atoms with Crippen molar-refractivity contribution in [2.24, 2.45) is 5.73 Å². The molecule has 1 aliphatic rings. The molecule has 3 aromatic rings. The maximum Gasteiger partial charge on any atom is 0.131 e. The third-order valence-electron chi connectivity index (χ3n) is 4.82. The van der Waals surface area contributed by atoms with E-state index in [-0.39, 0.29) is 6.04 Å². The Balaban J connectivity index is 1.73. The highest BCUT2D eigenvalue weighted by molar-refractivity contribution is 7.20. The van der Waals surface area contributed by atoms with Crippen LogP contribution in [0.5, 0.6) is 0 Å². The van der Waals surface area contributed by atoms with Crippen LogP contribution >= 0.6 is 34.3 Å². The molecule has 126 valence electrons. The van der Waals surface area contributed by atoms with Crippen molar-refractivity contribution in [1.82, 2.24) is 4.98 Å². The monoisotopic (exact) mass is 377 g/mol. The van der Waals surface area contributed by atoms with Gasteiger partial charge in [-0.15, -0.1) is 22.7 Å². The first-order chi connectivity index (χ1) is 11.6. The van der Waals surface area contributed by atoms with Crippen LogP contribution < -0.4 is 11.1 Å². The fraction of sp³-hybridized carbons (Fsp3) is 0.389. The molecule has 0 aromatic carbocycles. The van der Waals surface area contributed by atoms with Crippen LogP contribution in [-0.4, -0.2) is 11.0 Å². The molecule has 3 N–H and O–H groups in total. The molecule has 3 nitrogen and oxygen atoms in total. The second-order valence-corrected chi connectivity index (χ2v) is 8.87. The number of pyridine rings is 1. The molecule has 0 amide bonds. The first kappa shape index (κ1) is 16.3. The van der Waals surface area contributed by atoms with Crippen LogP contribution in [-0.2, 0) is 6.54 Å². The highest BCUT2D eigenvalue weighted by Gasteiger charge is 2.29. The molecule has 0 unspecified atom stereocenters. The molecule has 1 saturated carbocycles. The predicted octanol–water partition coefficient (Wildman–Crippen LogP) is 5.53. The van der Waals surface area contributed by atoms with Gasteiger partial charge in [0, 0.05) is 34.3 Å². The predicted molar refractivity (Wildman–Crippen MR) is 106 cm³/mol. The molecule has 0 radical (unpaired) electrons. The summed E-state index contributed by atoms with van der Waals surface area (Å²) in [6.07, 6.45) is 3.52. The van der Waals surface area contributed by atoms with Crippen LogP contribution in [0.15, 0.2) is 23.6 Å². The number of nitrogens with two attached hydrogens (primary N) is 1. The standard InChI is InChI=1S/C18H20ClN3S2/c1-10-16-18(24-17(10)12-5-2-6-13(12)20)14(8-15(19)22-16)21-9-11-4-3-7-23-11/h3-4,7-8,12-13H,2,5-6,9,20H2,1H3,(H,21,22)/t12-,13-/m0/s1. The van der Waals surface area contributed by atoms with Gasteiger partial charge >= 0.3 is 0 Å². The number of fused-ring (bicyclic) bond motifs is 1. The zero-order valence-corrected chi connectivity index (χ0v) is 15.9. The Morgan fingerprint density at radius 1 is 1.42 bits per heavy atom. The van der Waals surface area contributed by atoms with Crippen molar-refractivity contribution in [1.29, 1.82) is 0 Å². The summed E-state index contributed by atoms with van der Waals surface area (Å²) in [4.78, 5) is 7.30. The number of hydrogen-bond acceptors (Lipinski definition) is 5. The highest BCUT2D eigenvalue weighted by atomic mass is 35.5. The van der Waals surface area contributed by atoms with Crippen molar-refractivity contribution < 1.29 is 0 Å². The number of nitrogens with one attached hydrogen (secondary N) is 1. The number of aryl methyl sites for hydroxylation is 1. The molecule has 1 fully saturated rings. The van der Waals surface area contributed by atoms with Gasteiger partial charge in [0.15, 0.2) is 0 Å². The van der Waals surface area contributed by atoms with Crippen molar-refractivity contribution in [2.75, 3.05) is 5.32 Å². The Bertz CT molecular complexity index is 857. The van der Waals surface area contributed by atoms with Gasteiger partial charge in [-0.2, -0.15) is 0 Å². The van der Waals surface area contributed by atoms with Crippen molar-refractivity contribution in [3.8, 4) is 0 Å². The zero-order valence-electron chi connectivity index (χ0n) is 13.5. The van der Waals surface area contributed by atoms with E-state index in [4.69, 9.17) is 17.3 Å². The average molecular weight is 378 g/mol. The van der Waals surface area contributed by atoms with E-state index in [9.17, 15) is 0 Å². The molecular weight excluding hydrogens is 358 g/mol. The SMILES string of the molecule is Cc1c([C@H]2CCC[C@@H]2N)sc2c(NCc3cccs3)cc(Cl)nc12. The second-order valence-electron chi connectivity index (χ2n) is 6.40. The average Bonchev–Trinajstić information content (AvgIpc) is 3.27. The maximum absolute atomic E-state index is 6.34. The largest absolute Gasteiger partial charge is 0.379 e. The Kier molecular flexibility index (Phi) is 4.52. The third-order valence-corrected chi connectivity index (χ3v) is 7.33. The van der Waals surface area contributed by atoms with E-state index in [0.717, 1.165) is 24.2 Å². The van der Waals surface area contributed by atoms with Crippen LogP contribution in [0.3, 0.4) is 0 Å². The molecule has 0 aliphatic heterocycles. The molecule has 2 atom stereocenters. The first-order valence-corrected chi connectivity index (χ1v) is 10.3. The summed E-state index contributed by atoms with van der Waals surface area (Å²) in [5.41, 5.74) is 9.68. The molecule has 0 spiro atoms. The number of nitrogens with zero attached hydrogens (tertiary/aromatic N) is 1. The molecule has 3 heterocycles. The van der Waals surface area contributed by atoms with Crippen LogP contribution in [0, 0.1) is 6.92 Å². The third kappa shape index (κ3) is 2.94. The minimum absolute atomic E-state index is 0.273. The second kappa shape index (κ2) is 6.64. The fourth-order valence-corrected chi connectivity index (χ4v) is 5.85. The van der Waals surface area contributed by atoms with Gasteiger partial charge in [-0.05, 0) is 36.8 Å². The molecule has 0 saturated heterocycles. The Labute approximate surface area is 154 Å². The van der Waals surface area contributed by atoms with Gasteiger partial charge in [0.1, 0.15) is 5.15 Å². The number of aromatic nitrogens is 1. The number of halogens is 1. The molecule has 6 heteroatoms. The Morgan fingerprint density at radius 2 is 2.29 bits per heavy atom. The lowest BCUT2D eigenvalue weighted by molar-refractivity contribution is 0.620. The van der Waals surface area contributed by atoms with Gasteiger partial charge in [-0.25, -0.2) is 4.98 Å². The van der Waals surface area contributed by atoms with Crippen molar-refractivity contribution in [3.63, 3.8) is 0 Å². The fourth-order valence-electron chi connectivity index (χ4n) is 3.56. The molecule has 3 aromatic heterocycles. The number of anilines is 1. The summed E-state index contributed by atoms with van der Waals surface area (Å²) in [6.45, 7) is 2.97. The molecule has 24 heavy (non-hydrogen) atoms. The Morgan fingerprint density at radius 3 is 3.00 bits per heavy atom. The summed E-state index contributed by atoms with van der Waals surface area (Å²) < 4.78 is 1.20. The van der Waals surface area contributed by atoms with Crippen LogP contribution in [0.25, 0.3) is 10.2 Å². The summed E-state index contributed by atoms with van der Waals surface area (Å²) in [5.74, 6) is 0.466. The van der Waals surface area contributed by atoms with Crippen molar-refractivity contribution >= 4 is 50.2 Å². The summed E-state index contributed by atoms with van der Waals surface area (Å²) in [5, 5.41) is 6.18. The van der Waals surface area contributed by atoms with Crippen molar-refractivity contribution in [3.05, 3.63) is 44.1 Å². The van der Waals surface area contributed by atoms with Gasteiger partial charge in [0.25, 0.3) is 0 Å². The van der Waals surface area contributed by atoms with E-state index in [1.54, 1.807) is 11.3 Å². The minimum atomic E-state index is 0.273. The van der Waals surface area contributed by atoms with Gasteiger partial charge < -0.3 is 11.1 Å². The highest BCUT2D eigenvalue weighted by Crippen LogP contribution is 2.44. The molecule has 1 aliphatic carbocycles. The minimum Gasteiger partial charge on any atom is -0.379 e. The topological polar surface area (TPSA) is 50.9 Å². The number of thiophene rings is 2. The normalized spacial score (nSPS) is 20.8. The number of rotatable bonds is 4. The lowest BCUT2D eigenvalue weighted by Crippen LogP contribution is -2.22. The summed E-state index contributed by atoms with van der Waals surface area (Å²) in [7, 11) is 0. The Hall–Kier alpha value is -1.14. The van der Waals surface area contributed by atoms with Gasteiger partial charge in [0.05, 0.1) is 15.9 Å².